The number of carbonyl (C=O) groups is 1. The number of likely N-dealkylation sites (tertiary alicyclic amines) is 1. The van der Waals surface area contributed by atoms with Crippen molar-refractivity contribution in [2.24, 2.45) is 5.92 Å². The molecule has 1 atom stereocenters. The van der Waals surface area contributed by atoms with Crippen LogP contribution in [0.4, 0.5) is 0 Å². The van der Waals surface area contributed by atoms with E-state index in [0.717, 1.165) is 0 Å². The van der Waals surface area contributed by atoms with Crippen molar-refractivity contribution in [3.8, 4) is 0 Å². The van der Waals surface area contributed by atoms with Crippen LogP contribution >= 0.6 is 11.3 Å². The molecule has 1 fully saturated rings. The van der Waals surface area contributed by atoms with E-state index in [1.54, 1.807) is 11.3 Å². The van der Waals surface area contributed by atoms with Crippen LogP contribution in [0.3, 0.4) is 0 Å². The van der Waals surface area contributed by atoms with Gasteiger partial charge in [-0.2, -0.15) is 11.3 Å². The van der Waals surface area contributed by atoms with E-state index in [0.29, 0.717) is 19.5 Å². The first kappa shape index (κ1) is 10.6. The van der Waals surface area contributed by atoms with Gasteiger partial charge in [-0.05, 0) is 28.8 Å². The Hall–Kier alpha value is -0.870. The zero-order chi connectivity index (χ0) is 10.8. The molecule has 0 saturated carbocycles. The molecule has 82 valence electrons. The summed E-state index contributed by atoms with van der Waals surface area (Å²) in [5.74, 6) is 0.302. The monoisotopic (exact) mass is 225 g/mol. The minimum Gasteiger partial charge on any atom is -0.396 e. The molecule has 1 aromatic rings. The third-order valence-electron chi connectivity index (χ3n) is 2.88. The number of hydrogen-bond donors (Lipinski definition) is 1. The maximum absolute atomic E-state index is 11.6. The van der Waals surface area contributed by atoms with Gasteiger partial charge in [0.15, 0.2) is 0 Å². The molecule has 1 N–H and O–H groups in total. The van der Waals surface area contributed by atoms with Gasteiger partial charge in [0.25, 0.3) is 0 Å². The molecule has 15 heavy (non-hydrogen) atoms. The minimum atomic E-state index is 0.116. The van der Waals surface area contributed by atoms with Crippen molar-refractivity contribution in [1.82, 2.24) is 4.90 Å². The van der Waals surface area contributed by atoms with Gasteiger partial charge in [-0.25, -0.2) is 0 Å². The summed E-state index contributed by atoms with van der Waals surface area (Å²) in [6.45, 7) is 3.58. The maximum Gasteiger partial charge on any atom is 0.223 e. The standard InChI is InChI=1S/C11H15NO2S/c1-8-6-15-7-10(8)4-12-3-9(5-13)2-11(12)14/h6-7,9,13H,2-5H2,1H3. The fraction of sp³-hybridized carbons (Fsp3) is 0.545. The Balaban J connectivity index is 2.01. The van der Waals surface area contributed by atoms with Crippen LogP contribution in [0.1, 0.15) is 17.5 Å². The summed E-state index contributed by atoms with van der Waals surface area (Å²) in [4.78, 5) is 13.4. The number of rotatable bonds is 3. The van der Waals surface area contributed by atoms with Gasteiger partial charge in [-0.1, -0.05) is 0 Å². The Labute approximate surface area is 93.3 Å². The number of hydrogen-bond acceptors (Lipinski definition) is 3. The van der Waals surface area contributed by atoms with Gasteiger partial charge in [0.1, 0.15) is 0 Å². The first-order valence-corrected chi connectivity index (χ1v) is 6.05. The van der Waals surface area contributed by atoms with Crippen molar-refractivity contribution in [2.75, 3.05) is 13.2 Å². The molecule has 1 unspecified atom stereocenters. The van der Waals surface area contributed by atoms with E-state index in [4.69, 9.17) is 5.11 Å². The Morgan fingerprint density at radius 1 is 1.60 bits per heavy atom. The summed E-state index contributed by atoms with van der Waals surface area (Å²) in [7, 11) is 0. The number of carbonyl (C=O) groups excluding carboxylic acids is 1. The van der Waals surface area contributed by atoms with E-state index in [2.05, 4.69) is 17.7 Å². The second-order valence-corrected chi connectivity index (χ2v) is 4.85. The van der Waals surface area contributed by atoms with Crippen molar-refractivity contribution >= 4 is 17.2 Å². The first-order valence-electron chi connectivity index (χ1n) is 5.11. The molecule has 0 bridgehead atoms. The smallest absolute Gasteiger partial charge is 0.223 e. The van der Waals surface area contributed by atoms with Crippen LogP contribution in [0.2, 0.25) is 0 Å². The Kier molecular flexibility index (Phi) is 3.07. The number of amides is 1. The third-order valence-corrected chi connectivity index (χ3v) is 3.79. The molecular formula is C11H15NO2S. The normalized spacial score (nSPS) is 21.3. The Bertz CT molecular complexity index is 361. The molecule has 4 heteroatoms. The van der Waals surface area contributed by atoms with E-state index >= 15 is 0 Å². The van der Waals surface area contributed by atoms with Gasteiger partial charge in [-0.15, -0.1) is 0 Å². The van der Waals surface area contributed by atoms with E-state index in [-0.39, 0.29) is 18.4 Å². The van der Waals surface area contributed by atoms with Crippen LogP contribution in [-0.2, 0) is 11.3 Å². The summed E-state index contributed by atoms with van der Waals surface area (Å²) < 4.78 is 0. The quantitative estimate of drug-likeness (QED) is 0.844. The van der Waals surface area contributed by atoms with Crippen molar-refractivity contribution in [2.45, 2.75) is 19.9 Å². The number of nitrogens with zero attached hydrogens (tertiary/aromatic N) is 1. The molecule has 0 spiro atoms. The summed E-state index contributed by atoms with van der Waals surface area (Å²) in [6.07, 6.45) is 0.500. The molecule has 2 heterocycles. The molecule has 1 aliphatic heterocycles. The van der Waals surface area contributed by atoms with Gasteiger partial charge >= 0.3 is 0 Å². The van der Waals surface area contributed by atoms with Crippen LogP contribution in [0.5, 0.6) is 0 Å². The van der Waals surface area contributed by atoms with E-state index < -0.39 is 0 Å². The van der Waals surface area contributed by atoms with Gasteiger partial charge in [0.2, 0.25) is 5.91 Å². The number of aryl methyl sites for hydroxylation is 1. The first-order chi connectivity index (χ1) is 7.20. The van der Waals surface area contributed by atoms with Crippen molar-refractivity contribution in [3.05, 3.63) is 21.9 Å². The van der Waals surface area contributed by atoms with Crippen molar-refractivity contribution < 1.29 is 9.90 Å². The predicted molar refractivity (Wildman–Crippen MR) is 59.7 cm³/mol. The van der Waals surface area contributed by atoms with Crippen LogP contribution in [-0.4, -0.2) is 29.1 Å². The lowest BCUT2D eigenvalue weighted by Crippen LogP contribution is -2.25. The van der Waals surface area contributed by atoms with Crippen molar-refractivity contribution in [3.63, 3.8) is 0 Å². The van der Waals surface area contributed by atoms with Crippen molar-refractivity contribution in [1.29, 1.82) is 0 Å². The third kappa shape index (κ3) is 2.21. The van der Waals surface area contributed by atoms with Gasteiger partial charge in [-0.3, -0.25) is 4.79 Å². The number of aliphatic hydroxyl groups excluding tert-OH is 1. The molecule has 0 radical (unpaired) electrons. The maximum atomic E-state index is 11.6. The SMILES string of the molecule is Cc1cscc1CN1CC(CO)CC1=O. The minimum absolute atomic E-state index is 0.116. The lowest BCUT2D eigenvalue weighted by Gasteiger charge is -2.16. The highest BCUT2D eigenvalue weighted by atomic mass is 32.1. The second-order valence-electron chi connectivity index (χ2n) is 4.11. The lowest BCUT2D eigenvalue weighted by molar-refractivity contribution is -0.128. The average Bonchev–Trinajstić information content (AvgIpc) is 2.76. The highest BCUT2D eigenvalue weighted by Gasteiger charge is 2.29. The largest absolute Gasteiger partial charge is 0.396 e. The second kappa shape index (κ2) is 4.33. The van der Waals surface area contributed by atoms with Crippen LogP contribution < -0.4 is 0 Å². The molecule has 1 aromatic heterocycles. The molecule has 1 amide bonds. The summed E-state index contributed by atoms with van der Waals surface area (Å²) in [5, 5.41) is 13.2. The lowest BCUT2D eigenvalue weighted by atomic mass is 10.1. The molecule has 1 aliphatic rings. The zero-order valence-corrected chi connectivity index (χ0v) is 9.59. The molecule has 1 saturated heterocycles. The zero-order valence-electron chi connectivity index (χ0n) is 8.77. The molecule has 0 aromatic carbocycles. The van der Waals surface area contributed by atoms with Crippen LogP contribution in [0, 0.1) is 12.8 Å². The van der Waals surface area contributed by atoms with Crippen LogP contribution in [0.25, 0.3) is 0 Å². The predicted octanol–water partition coefficient (Wildman–Crippen LogP) is 1.40. The summed E-state index contributed by atoms with van der Waals surface area (Å²) in [6, 6.07) is 0. The summed E-state index contributed by atoms with van der Waals surface area (Å²) in [5.41, 5.74) is 2.48. The number of aliphatic hydroxyl groups is 1. The Morgan fingerprint density at radius 2 is 2.40 bits per heavy atom. The molecule has 3 nitrogen and oxygen atoms in total. The fourth-order valence-corrected chi connectivity index (χ4v) is 2.73. The average molecular weight is 225 g/mol. The van der Waals surface area contributed by atoms with Gasteiger partial charge in [0.05, 0.1) is 0 Å². The topological polar surface area (TPSA) is 40.5 Å². The van der Waals surface area contributed by atoms with Gasteiger partial charge in [0, 0.05) is 32.0 Å². The molecular weight excluding hydrogens is 210 g/mol. The number of thiophene rings is 1. The summed E-state index contributed by atoms with van der Waals surface area (Å²) >= 11 is 1.67. The highest BCUT2D eigenvalue weighted by molar-refractivity contribution is 7.08. The molecule has 2 rings (SSSR count). The van der Waals surface area contributed by atoms with Gasteiger partial charge < -0.3 is 10.0 Å². The highest BCUT2D eigenvalue weighted by Crippen LogP contribution is 2.22. The molecule has 0 aliphatic carbocycles. The van der Waals surface area contributed by atoms with E-state index in [1.807, 2.05) is 4.90 Å². The van der Waals surface area contributed by atoms with Crippen LogP contribution in [0.15, 0.2) is 10.8 Å². The fourth-order valence-electron chi connectivity index (χ4n) is 1.88. The van der Waals surface area contributed by atoms with E-state index in [9.17, 15) is 4.79 Å². The van der Waals surface area contributed by atoms with E-state index in [1.165, 1.54) is 11.1 Å². The Morgan fingerprint density at radius 3 is 2.93 bits per heavy atom.